The van der Waals surface area contributed by atoms with Gasteiger partial charge >= 0.3 is 0 Å². The molecule has 0 bridgehead atoms. The van der Waals surface area contributed by atoms with Crippen LogP contribution in [0.3, 0.4) is 0 Å². The van der Waals surface area contributed by atoms with Gasteiger partial charge < -0.3 is 9.67 Å². The highest BCUT2D eigenvalue weighted by molar-refractivity contribution is 7.99. The lowest BCUT2D eigenvalue weighted by atomic mass is 9.86. The maximum Gasteiger partial charge on any atom is 0.0956 e. The van der Waals surface area contributed by atoms with Crippen molar-refractivity contribution in [3.05, 3.63) is 72.2 Å². The normalized spacial score (nSPS) is 24.8. The molecule has 0 radical (unpaired) electrons. The maximum absolute atomic E-state index is 11.0. The Bertz CT molecular complexity index is 888. The van der Waals surface area contributed by atoms with Gasteiger partial charge in [0.15, 0.2) is 0 Å². The van der Waals surface area contributed by atoms with Crippen molar-refractivity contribution < 1.29 is 5.11 Å². The summed E-state index contributed by atoms with van der Waals surface area (Å²) in [7, 11) is 0. The summed E-state index contributed by atoms with van der Waals surface area (Å²) in [5, 5.41) is 11.0. The van der Waals surface area contributed by atoms with Gasteiger partial charge in [-0.25, -0.2) is 4.98 Å². The minimum absolute atomic E-state index is 0.145. The van der Waals surface area contributed by atoms with E-state index in [0.29, 0.717) is 0 Å². The van der Waals surface area contributed by atoms with Gasteiger partial charge in [0.05, 0.1) is 30.4 Å². The lowest BCUT2D eigenvalue weighted by Gasteiger charge is -2.34. The Morgan fingerprint density at radius 3 is 2.74 bits per heavy atom. The molecular formula is C19H16N2OS. The molecular weight excluding hydrogens is 304 g/mol. The molecule has 0 saturated heterocycles. The van der Waals surface area contributed by atoms with Crippen LogP contribution in [0.2, 0.25) is 0 Å². The molecule has 0 unspecified atom stereocenters. The predicted molar refractivity (Wildman–Crippen MR) is 91.4 cm³/mol. The zero-order valence-electron chi connectivity index (χ0n) is 12.5. The number of nitrogens with zero attached hydrogens (tertiary/aromatic N) is 2. The molecule has 3 atom stereocenters. The van der Waals surface area contributed by atoms with Crippen LogP contribution in [0.15, 0.2) is 66.0 Å². The first kappa shape index (κ1) is 13.4. The highest BCUT2D eigenvalue weighted by Crippen LogP contribution is 2.50. The second-order valence-electron chi connectivity index (χ2n) is 6.18. The van der Waals surface area contributed by atoms with E-state index >= 15 is 0 Å². The predicted octanol–water partition coefficient (Wildman–Crippen LogP) is 3.91. The minimum Gasteiger partial charge on any atom is -0.388 e. The van der Waals surface area contributed by atoms with Crippen LogP contribution in [0.1, 0.15) is 23.3 Å². The summed E-state index contributed by atoms with van der Waals surface area (Å²) in [6.45, 7) is 0. The summed E-state index contributed by atoms with van der Waals surface area (Å²) in [5.41, 5.74) is 4.75. The number of aromatic nitrogens is 2. The molecule has 2 aliphatic rings. The van der Waals surface area contributed by atoms with E-state index in [1.54, 1.807) is 0 Å². The van der Waals surface area contributed by atoms with Crippen molar-refractivity contribution in [3.63, 3.8) is 0 Å². The first-order valence-corrected chi connectivity index (χ1v) is 8.84. The highest BCUT2D eigenvalue weighted by Gasteiger charge is 2.40. The number of imidazole rings is 1. The van der Waals surface area contributed by atoms with Crippen molar-refractivity contribution in [3.8, 4) is 11.3 Å². The van der Waals surface area contributed by atoms with E-state index in [1.165, 1.54) is 16.0 Å². The van der Waals surface area contributed by atoms with Gasteiger partial charge in [0.1, 0.15) is 0 Å². The van der Waals surface area contributed by atoms with Crippen LogP contribution >= 0.6 is 11.8 Å². The molecule has 0 amide bonds. The third kappa shape index (κ3) is 1.85. The zero-order valence-corrected chi connectivity index (χ0v) is 13.3. The first-order chi connectivity index (χ1) is 11.3. The molecule has 0 spiro atoms. The number of hydrogen-bond donors (Lipinski definition) is 1. The Morgan fingerprint density at radius 1 is 1.04 bits per heavy atom. The van der Waals surface area contributed by atoms with Crippen LogP contribution < -0.4 is 0 Å². The second kappa shape index (κ2) is 4.98. The average Bonchev–Trinajstić information content (AvgIpc) is 3.17. The van der Waals surface area contributed by atoms with E-state index in [4.69, 9.17) is 0 Å². The van der Waals surface area contributed by atoms with Gasteiger partial charge in [-0.2, -0.15) is 0 Å². The summed E-state index contributed by atoms with van der Waals surface area (Å²) in [4.78, 5) is 5.53. The number of aliphatic hydroxyl groups is 1. The molecule has 2 aromatic carbocycles. The minimum atomic E-state index is -0.446. The summed E-state index contributed by atoms with van der Waals surface area (Å²) in [6.07, 6.45) is 3.38. The summed E-state index contributed by atoms with van der Waals surface area (Å²) in [6, 6.07) is 16.8. The van der Waals surface area contributed by atoms with Crippen LogP contribution in [-0.2, 0) is 0 Å². The number of hydrogen-bond acceptors (Lipinski definition) is 3. The third-order valence-corrected chi connectivity index (χ3v) is 6.24. The highest BCUT2D eigenvalue weighted by atomic mass is 32.2. The van der Waals surface area contributed by atoms with Gasteiger partial charge in [-0.05, 0) is 17.2 Å². The van der Waals surface area contributed by atoms with Crippen molar-refractivity contribution in [2.24, 2.45) is 5.92 Å². The topological polar surface area (TPSA) is 38.1 Å². The van der Waals surface area contributed by atoms with Crippen LogP contribution in [0, 0.1) is 5.92 Å². The molecule has 1 aromatic heterocycles. The Labute approximate surface area is 139 Å². The van der Waals surface area contributed by atoms with Gasteiger partial charge in [0.2, 0.25) is 0 Å². The molecule has 2 aliphatic heterocycles. The van der Waals surface area contributed by atoms with E-state index in [1.807, 2.05) is 36.4 Å². The van der Waals surface area contributed by atoms with Crippen molar-refractivity contribution in [2.75, 3.05) is 5.75 Å². The van der Waals surface area contributed by atoms with Gasteiger partial charge in [0.25, 0.3) is 0 Å². The number of thioether (sulfide) groups is 1. The summed E-state index contributed by atoms with van der Waals surface area (Å²) in [5.74, 6) is 1.06. The standard InChI is InChI=1S/C19H16N2OS/c22-19-14-7-3-4-8-17(14)23-10-15(19)18-13-6-2-1-5-12(13)16-9-20-11-21(16)18/h1-9,11,15,18-19,22H,10H2/t15-,18+,19+/m0/s1. The smallest absolute Gasteiger partial charge is 0.0956 e. The Balaban J connectivity index is 1.64. The van der Waals surface area contributed by atoms with Crippen molar-refractivity contribution in [2.45, 2.75) is 17.0 Å². The average molecular weight is 320 g/mol. The lowest BCUT2D eigenvalue weighted by molar-refractivity contribution is 0.0944. The molecule has 114 valence electrons. The monoisotopic (exact) mass is 320 g/mol. The van der Waals surface area contributed by atoms with Gasteiger partial charge in [0, 0.05) is 22.1 Å². The molecule has 1 N–H and O–H groups in total. The van der Waals surface area contributed by atoms with Gasteiger partial charge in [-0.15, -0.1) is 11.8 Å². The molecule has 3 nitrogen and oxygen atoms in total. The van der Waals surface area contributed by atoms with Gasteiger partial charge in [-0.1, -0.05) is 42.5 Å². The van der Waals surface area contributed by atoms with Crippen molar-refractivity contribution >= 4 is 11.8 Å². The SMILES string of the molecule is O[C@@H]1c2ccccc2SC[C@H]1[C@H]1c2ccccc2-c2cncn21. The van der Waals surface area contributed by atoms with Crippen LogP contribution in [0.25, 0.3) is 11.3 Å². The molecule has 23 heavy (non-hydrogen) atoms. The molecule has 0 saturated carbocycles. The number of rotatable bonds is 1. The molecule has 5 rings (SSSR count). The van der Waals surface area contributed by atoms with Crippen LogP contribution in [-0.4, -0.2) is 20.4 Å². The van der Waals surface area contributed by atoms with Crippen molar-refractivity contribution in [1.82, 2.24) is 9.55 Å². The quantitative estimate of drug-likeness (QED) is 0.739. The number of fused-ring (bicyclic) bond motifs is 4. The number of benzene rings is 2. The van der Waals surface area contributed by atoms with Gasteiger partial charge in [-0.3, -0.25) is 0 Å². The summed E-state index contributed by atoms with van der Waals surface area (Å²) < 4.78 is 2.23. The Morgan fingerprint density at radius 2 is 1.83 bits per heavy atom. The fourth-order valence-electron chi connectivity index (χ4n) is 3.94. The Kier molecular flexibility index (Phi) is 2.90. The second-order valence-corrected chi connectivity index (χ2v) is 7.24. The molecule has 0 fully saturated rings. The van der Waals surface area contributed by atoms with Crippen molar-refractivity contribution in [1.29, 1.82) is 0 Å². The molecule has 3 heterocycles. The van der Waals surface area contributed by atoms with Crippen LogP contribution in [0.4, 0.5) is 0 Å². The number of aliphatic hydroxyl groups excluding tert-OH is 1. The fourth-order valence-corrected chi connectivity index (χ4v) is 5.20. The molecule has 3 aromatic rings. The van der Waals surface area contributed by atoms with E-state index in [2.05, 4.69) is 45.9 Å². The van der Waals surface area contributed by atoms with Crippen LogP contribution in [0.5, 0.6) is 0 Å². The maximum atomic E-state index is 11.0. The molecule has 4 heteroatoms. The lowest BCUT2D eigenvalue weighted by Crippen LogP contribution is -2.28. The Hall–Kier alpha value is -2.04. The fraction of sp³-hybridized carbons (Fsp3) is 0.211. The third-order valence-electron chi connectivity index (χ3n) is 5.00. The first-order valence-electron chi connectivity index (χ1n) is 7.85. The zero-order chi connectivity index (χ0) is 15.4. The van der Waals surface area contributed by atoms with E-state index in [0.717, 1.165) is 17.0 Å². The van der Waals surface area contributed by atoms with E-state index in [9.17, 15) is 5.11 Å². The molecule has 0 aliphatic carbocycles. The summed E-state index contributed by atoms with van der Waals surface area (Å²) >= 11 is 1.85. The largest absolute Gasteiger partial charge is 0.388 e. The van der Waals surface area contributed by atoms with E-state index in [-0.39, 0.29) is 12.0 Å². The van der Waals surface area contributed by atoms with E-state index < -0.39 is 6.10 Å².